The third kappa shape index (κ3) is 5.44. The monoisotopic (exact) mass is 514 g/mol. The summed E-state index contributed by atoms with van der Waals surface area (Å²) in [6, 6.07) is 3.34. The number of amides is 1. The molecule has 12 heteroatoms. The molecule has 36 heavy (non-hydrogen) atoms. The Kier molecular flexibility index (Phi) is 7.20. The van der Waals surface area contributed by atoms with E-state index in [1.807, 2.05) is 0 Å². The van der Waals surface area contributed by atoms with Crippen molar-refractivity contribution >= 4 is 11.7 Å². The SMILES string of the molecule is Cc1nc(CC(=O)NC2(C(F)F)CC2)c(C2OCCO2)c(N[C@H](C)c2cccc(C(F)(F)F)c2C)n1. The number of nitrogens with one attached hydrogen (secondary N) is 2. The van der Waals surface area contributed by atoms with E-state index in [4.69, 9.17) is 9.47 Å². The maximum Gasteiger partial charge on any atom is 0.416 e. The minimum atomic E-state index is -4.50. The molecular formula is C24H27F5N4O3. The fourth-order valence-electron chi connectivity index (χ4n) is 4.38. The van der Waals surface area contributed by atoms with Crippen molar-refractivity contribution in [3.63, 3.8) is 0 Å². The summed E-state index contributed by atoms with van der Waals surface area (Å²) < 4.78 is 78.1. The number of hydrogen-bond acceptors (Lipinski definition) is 6. The Balaban J connectivity index is 1.66. The molecule has 0 radical (unpaired) electrons. The smallest absolute Gasteiger partial charge is 0.363 e. The molecule has 0 spiro atoms. The molecule has 4 rings (SSSR count). The highest BCUT2D eigenvalue weighted by Gasteiger charge is 2.52. The standard InChI is InChI=1S/C24H27F5N4O3/c1-12-15(5-4-6-16(12)24(27,28)29)13(2)30-20-19(21-35-9-10-36-21)17(31-14(3)32-20)11-18(34)33-23(7-8-23)22(25)26/h4-6,13,21-22H,7-11H2,1-3H3,(H,33,34)(H,30,31,32)/t13-/m1/s1. The molecule has 2 heterocycles. The van der Waals surface area contributed by atoms with Crippen LogP contribution in [0.4, 0.5) is 27.8 Å². The summed E-state index contributed by atoms with van der Waals surface area (Å²) in [5.74, 6) is -0.112. The van der Waals surface area contributed by atoms with Crippen LogP contribution in [-0.4, -0.2) is 41.1 Å². The molecule has 2 N–H and O–H groups in total. The van der Waals surface area contributed by atoms with Gasteiger partial charge in [0.2, 0.25) is 5.91 Å². The van der Waals surface area contributed by atoms with Crippen LogP contribution in [0.3, 0.4) is 0 Å². The van der Waals surface area contributed by atoms with Crippen LogP contribution >= 0.6 is 0 Å². The van der Waals surface area contributed by atoms with Crippen LogP contribution in [0.5, 0.6) is 0 Å². The third-order valence-corrected chi connectivity index (χ3v) is 6.42. The second-order valence-electron chi connectivity index (χ2n) is 9.12. The first-order chi connectivity index (χ1) is 16.9. The molecular weight excluding hydrogens is 487 g/mol. The maximum atomic E-state index is 13.4. The Bertz CT molecular complexity index is 1130. The van der Waals surface area contributed by atoms with Crippen molar-refractivity contribution in [2.45, 2.75) is 70.5 Å². The lowest BCUT2D eigenvalue weighted by atomic mass is 9.97. The van der Waals surface area contributed by atoms with E-state index in [1.165, 1.54) is 13.0 Å². The molecule has 0 bridgehead atoms. The average Bonchev–Trinajstić information content (AvgIpc) is 3.35. The molecule has 1 saturated heterocycles. The summed E-state index contributed by atoms with van der Waals surface area (Å²) in [6.45, 7) is 5.24. The zero-order valence-corrected chi connectivity index (χ0v) is 20.0. The predicted octanol–water partition coefficient (Wildman–Crippen LogP) is 4.79. The van der Waals surface area contributed by atoms with Crippen LogP contribution in [0.2, 0.25) is 0 Å². The topological polar surface area (TPSA) is 85.4 Å². The van der Waals surface area contributed by atoms with Crippen molar-refractivity contribution in [3.05, 3.63) is 52.0 Å². The highest BCUT2D eigenvalue weighted by atomic mass is 19.4. The number of rotatable bonds is 8. The van der Waals surface area contributed by atoms with Gasteiger partial charge < -0.3 is 20.1 Å². The van der Waals surface area contributed by atoms with Crippen LogP contribution in [0, 0.1) is 13.8 Å². The number of aromatic nitrogens is 2. The van der Waals surface area contributed by atoms with E-state index in [1.54, 1.807) is 19.9 Å². The first-order valence-corrected chi connectivity index (χ1v) is 11.5. The quantitative estimate of drug-likeness (QED) is 0.493. The Morgan fingerprint density at radius 1 is 1.17 bits per heavy atom. The van der Waals surface area contributed by atoms with Gasteiger partial charge in [-0.3, -0.25) is 4.79 Å². The first-order valence-electron chi connectivity index (χ1n) is 11.5. The minimum absolute atomic E-state index is 0.0760. The van der Waals surface area contributed by atoms with E-state index in [2.05, 4.69) is 20.6 Å². The third-order valence-electron chi connectivity index (χ3n) is 6.42. The minimum Gasteiger partial charge on any atom is -0.363 e. The lowest BCUT2D eigenvalue weighted by Crippen LogP contribution is -2.43. The van der Waals surface area contributed by atoms with E-state index in [0.717, 1.165) is 6.07 Å². The van der Waals surface area contributed by atoms with Crippen molar-refractivity contribution in [2.24, 2.45) is 0 Å². The normalized spacial score (nSPS) is 18.4. The number of halogens is 5. The molecule has 1 aliphatic heterocycles. The lowest BCUT2D eigenvalue weighted by Gasteiger charge is -2.24. The van der Waals surface area contributed by atoms with E-state index in [9.17, 15) is 26.7 Å². The number of alkyl halides is 5. The fraction of sp³-hybridized carbons (Fsp3) is 0.542. The van der Waals surface area contributed by atoms with Gasteiger partial charge in [-0.2, -0.15) is 13.2 Å². The molecule has 1 aromatic carbocycles. The summed E-state index contributed by atoms with van der Waals surface area (Å²) in [5, 5.41) is 5.53. The summed E-state index contributed by atoms with van der Waals surface area (Å²) in [5.41, 5.74) is -1.21. The lowest BCUT2D eigenvalue weighted by molar-refractivity contribution is -0.138. The number of benzene rings is 1. The Morgan fingerprint density at radius 2 is 1.83 bits per heavy atom. The highest BCUT2D eigenvalue weighted by Crippen LogP contribution is 2.41. The second kappa shape index (κ2) is 9.89. The largest absolute Gasteiger partial charge is 0.416 e. The van der Waals surface area contributed by atoms with Crippen molar-refractivity contribution in [3.8, 4) is 0 Å². The number of carbonyl (C=O) groups is 1. The molecule has 2 aliphatic rings. The van der Waals surface area contributed by atoms with Crippen molar-refractivity contribution in [1.29, 1.82) is 0 Å². The van der Waals surface area contributed by atoms with Gasteiger partial charge in [-0.15, -0.1) is 0 Å². The predicted molar refractivity (Wildman–Crippen MR) is 119 cm³/mol. The highest BCUT2D eigenvalue weighted by molar-refractivity contribution is 5.80. The number of nitrogens with zero attached hydrogens (tertiary/aromatic N) is 2. The molecule has 196 valence electrons. The number of aryl methyl sites for hydroxylation is 1. The molecule has 7 nitrogen and oxygen atoms in total. The van der Waals surface area contributed by atoms with Crippen LogP contribution < -0.4 is 10.6 Å². The van der Waals surface area contributed by atoms with Gasteiger partial charge in [0.15, 0.2) is 6.29 Å². The summed E-state index contributed by atoms with van der Waals surface area (Å²) in [4.78, 5) is 21.4. The van der Waals surface area contributed by atoms with Gasteiger partial charge in [-0.25, -0.2) is 18.7 Å². The molecule has 1 saturated carbocycles. The fourth-order valence-corrected chi connectivity index (χ4v) is 4.38. The second-order valence-corrected chi connectivity index (χ2v) is 9.12. The van der Waals surface area contributed by atoms with Crippen LogP contribution in [-0.2, 0) is 26.9 Å². The zero-order chi connectivity index (χ0) is 26.3. The van der Waals surface area contributed by atoms with E-state index < -0.39 is 41.9 Å². The van der Waals surface area contributed by atoms with Gasteiger partial charge in [-0.1, -0.05) is 12.1 Å². The van der Waals surface area contributed by atoms with Gasteiger partial charge >= 0.3 is 6.18 Å². The molecule has 1 atom stereocenters. The molecule has 1 amide bonds. The van der Waals surface area contributed by atoms with Gasteiger partial charge in [0, 0.05) is 0 Å². The summed E-state index contributed by atoms with van der Waals surface area (Å²) >= 11 is 0. The number of carbonyl (C=O) groups excluding carboxylic acids is 1. The van der Waals surface area contributed by atoms with E-state index in [0.29, 0.717) is 11.1 Å². The first kappa shape index (κ1) is 26.2. The molecule has 2 aromatic rings. The van der Waals surface area contributed by atoms with Crippen LogP contribution in [0.1, 0.15) is 65.9 Å². The van der Waals surface area contributed by atoms with Crippen LogP contribution in [0.15, 0.2) is 18.2 Å². The van der Waals surface area contributed by atoms with Crippen molar-refractivity contribution in [1.82, 2.24) is 15.3 Å². The maximum absolute atomic E-state index is 13.4. The zero-order valence-electron chi connectivity index (χ0n) is 20.0. The van der Waals surface area contributed by atoms with E-state index in [-0.39, 0.29) is 55.4 Å². The van der Waals surface area contributed by atoms with Gasteiger partial charge in [0.25, 0.3) is 6.43 Å². The Labute approximate surface area is 204 Å². The van der Waals surface area contributed by atoms with E-state index >= 15 is 0 Å². The molecule has 1 aliphatic carbocycles. The Hall–Kier alpha value is -2.86. The van der Waals surface area contributed by atoms with Crippen molar-refractivity contribution in [2.75, 3.05) is 18.5 Å². The van der Waals surface area contributed by atoms with Gasteiger partial charge in [-0.05, 0) is 50.8 Å². The van der Waals surface area contributed by atoms with Crippen molar-refractivity contribution < 1.29 is 36.2 Å². The van der Waals surface area contributed by atoms with Gasteiger partial charge in [0.05, 0.1) is 42.5 Å². The van der Waals surface area contributed by atoms with Gasteiger partial charge in [0.1, 0.15) is 17.2 Å². The summed E-state index contributed by atoms with van der Waals surface area (Å²) in [6.07, 6.45) is -8.02. The molecule has 2 fully saturated rings. The summed E-state index contributed by atoms with van der Waals surface area (Å²) in [7, 11) is 0. The Morgan fingerprint density at radius 3 is 2.42 bits per heavy atom. The molecule has 0 unspecified atom stereocenters. The molecule has 1 aromatic heterocycles. The van der Waals surface area contributed by atoms with Crippen LogP contribution in [0.25, 0.3) is 0 Å². The number of ether oxygens (including phenoxy) is 2. The number of anilines is 1. The average molecular weight is 514 g/mol. The number of hydrogen-bond donors (Lipinski definition) is 2.